The number of carbonyl (C=O) groups is 1. The highest BCUT2D eigenvalue weighted by Crippen LogP contribution is 2.20. The Labute approximate surface area is 145 Å². The van der Waals surface area contributed by atoms with Crippen molar-refractivity contribution in [2.45, 2.75) is 6.61 Å². The van der Waals surface area contributed by atoms with Crippen molar-refractivity contribution in [1.29, 1.82) is 5.26 Å². The van der Waals surface area contributed by atoms with Crippen LogP contribution in [0.2, 0.25) is 0 Å². The second kappa shape index (κ2) is 7.32. The minimum atomic E-state index is -0.236. The summed E-state index contributed by atoms with van der Waals surface area (Å²) < 4.78 is 7.32. The van der Waals surface area contributed by atoms with Gasteiger partial charge in [-0.05, 0) is 18.2 Å². The molecule has 1 N–H and O–H groups in total. The lowest BCUT2D eigenvalue weighted by Gasteiger charge is -2.09. The number of benzene rings is 2. The number of carbonyl (C=O) groups excluding carboxylic acids is 1. The summed E-state index contributed by atoms with van der Waals surface area (Å²) in [5, 5.41) is 15.9. The Morgan fingerprint density at radius 1 is 1.28 bits per heavy atom. The van der Waals surface area contributed by atoms with Gasteiger partial charge in [-0.1, -0.05) is 24.3 Å². The highest BCUT2D eigenvalue weighted by atomic mass is 16.5. The summed E-state index contributed by atoms with van der Waals surface area (Å²) in [5.41, 5.74) is 2.51. The molecule has 0 aliphatic carbocycles. The zero-order valence-electron chi connectivity index (χ0n) is 13.6. The summed E-state index contributed by atoms with van der Waals surface area (Å²) >= 11 is 0. The van der Waals surface area contributed by atoms with Crippen molar-refractivity contribution in [2.24, 2.45) is 7.05 Å². The van der Waals surface area contributed by atoms with E-state index in [0.29, 0.717) is 22.6 Å². The fraction of sp³-hybridized carbons (Fsp3) is 0.105. The lowest BCUT2D eigenvalue weighted by molar-refractivity contribution is 0.102. The first-order valence-corrected chi connectivity index (χ1v) is 7.66. The SMILES string of the molecule is Cn1cc(C(=O)Nc2cccc(OCc3ccccc3C#N)c2)cn1. The highest BCUT2D eigenvalue weighted by molar-refractivity contribution is 6.04. The van der Waals surface area contributed by atoms with E-state index in [-0.39, 0.29) is 12.5 Å². The molecule has 124 valence electrons. The molecular formula is C19H16N4O2. The van der Waals surface area contributed by atoms with Gasteiger partial charge in [0.05, 0.1) is 23.4 Å². The number of anilines is 1. The number of hydrogen-bond acceptors (Lipinski definition) is 4. The molecule has 2 aromatic carbocycles. The molecular weight excluding hydrogens is 316 g/mol. The van der Waals surface area contributed by atoms with Crippen LogP contribution in [-0.2, 0) is 13.7 Å². The number of nitrogens with one attached hydrogen (secondary N) is 1. The van der Waals surface area contributed by atoms with E-state index < -0.39 is 0 Å². The maximum Gasteiger partial charge on any atom is 0.258 e. The molecule has 0 radical (unpaired) electrons. The summed E-state index contributed by atoms with van der Waals surface area (Å²) in [6.07, 6.45) is 3.16. The van der Waals surface area contributed by atoms with Gasteiger partial charge in [0, 0.05) is 30.6 Å². The molecule has 0 atom stereocenters. The van der Waals surface area contributed by atoms with Crippen LogP contribution in [0.15, 0.2) is 60.9 Å². The lowest BCUT2D eigenvalue weighted by atomic mass is 10.1. The van der Waals surface area contributed by atoms with Gasteiger partial charge in [0.2, 0.25) is 0 Å². The average molecular weight is 332 g/mol. The summed E-state index contributed by atoms with van der Waals surface area (Å²) in [7, 11) is 1.75. The molecule has 3 aromatic rings. The molecule has 0 spiro atoms. The van der Waals surface area contributed by atoms with Gasteiger partial charge in [-0.2, -0.15) is 10.4 Å². The van der Waals surface area contributed by atoms with Crippen molar-refractivity contribution in [3.63, 3.8) is 0 Å². The quantitative estimate of drug-likeness (QED) is 0.778. The molecule has 1 aromatic heterocycles. The summed E-state index contributed by atoms with van der Waals surface area (Å²) in [4.78, 5) is 12.2. The van der Waals surface area contributed by atoms with Crippen LogP contribution in [0.5, 0.6) is 5.75 Å². The second-order valence-electron chi connectivity index (χ2n) is 5.44. The lowest BCUT2D eigenvalue weighted by Crippen LogP contribution is -2.11. The Morgan fingerprint density at radius 3 is 2.88 bits per heavy atom. The molecule has 1 heterocycles. The fourth-order valence-corrected chi connectivity index (χ4v) is 2.32. The Morgan fingerprint density at radius 2 is 2.12 bits per heavy atom. The molecule has 0 aliphatic rings. The third-order valence-corrected chi connectivity index (χ3v) is 3.59. The molecule has 0 bridgehead atoms. The van der Waals surface area contributed by atoms with Crippen molar-refractivity contribution in [1.82, 2.24) is 9.78 Å². The Hall–Kier alpha value is -3.59. The molecule has 0 saturated carbocycles. The van der Waals surface area contributed by atoms with Crippen LogP contribution in [0.4, 0.5) is 5.69 Å². The molecule has 0 saturated heterocycles. The molecule has 6 heteroatoms. The first-order valence-electron chi connectivity index (χ1n) is 7.66. The zero-order valence-corrected chi connectivity index (χ0v) is 13.6. The van der Waals surface area contributed by atoms with Crippen molar-refractivity contribution in [2.75, 3.05) is 5.32 Å². The van der Waals surface area contributed by atoms with Crippen LogP contribution in [0.3, 0.4) is 0 Å². The minimum Gasteiger partial charge on any atom is -0.489 e. The first-order chi connectivity index (χ1) is 12.2. The van der Waals surface area contributed by atoms with Crippen molar-refractivity contribution < 1.29 is 9.53 Å². The number of aryl methyl sites for hydroxylation is 1. The van der Waals surface area contributed by atoms with Crippen molar-refractivity contribution in [3.05, 3.63) is 77.6 Å². The van der Waals surface area contributed by atoms with Gasteiger partial charge < -0.3 is 10.1 Å². The number of ether oxygens (including phenoxy) is 1. The number of hydrogen-bond donors (Lipinski definition) is 1. The number of aromatic nitrogens is 2. The number of amides is 1. The molecule has 0 aliphatic heterocycles. The van der Waals surface area contributed by atoms with Crippen molar-refractivity contribution in [3.8, 4) is 11.8 Å². The Balaban J connectivity index is 1.67. The molecule has 3 rings (SSSR count). The van der Waals surface area contributed by atoms with Gasteiger partial charge in [0.25, 0.3) is 5.91 Å². The van der Waals surface area contributed by atoms with Crippen LogP contribution in [0, 0.1) is 11.3 Å². The molecule has 0 unspecified atom stereocenters. The molecule has 1 amide bonds. The maximum absolute atomic E-state index is 12.2. The van der Waals surface area contributed by atoms with Gasteiger partial charge >= 0.3 is 0 Å². The second-order valence-corrected chi connectivity index (χ2v) is 5.44. The van der Waals surface area contributed by atoms with E-state index in [2.05, 4.69) is 16.5 Å². The molecule has 0 fully saturated rings. The average Bonchev–Trinajstić information content (AvgIpc) is 3.07. The van der Waals surface area contributed by atoms with E-state index in [1.807, 2.05) is 18.2 Å². The largest absolute Gasteiger partial charge is 0.489 e. The normalized spacial score (nSPS) is 10.1. The van der Waals surface area contributed by atoms with E-state index in [9.17, 15) is 4.79 Å². The highest BCUT2D eigenvalue weighted by Gasteiger charge is 2.09. The van der Waals surface area contributed by atoms with Gasteiger partial charge in [-0.3, -0.25) is 9.48 Å². The molecule has 25 heavy (non-hydrogen) atoms. The number of nitrogens with zero attached hydrogens (tertiary/aromatic N) is 3. The zero-order chi connectivity index (χ0) is 17.6. The first kappa shape index (κ1) is 16.3. The van der Waals surface area contributed by atoms with Gasteiger partial charge in [-0.15, -0.1) is 0 Å². The third kappa shape index (κ3) is 4.03. The summed E-state index contributed by atoms with van der Waals surface area (Å²) in [5.74, 6) is 0.372. The number of rotatable bonds is 5. The maximum atomic E-state index is 12.2. The van der Waals surface area contributed by atoms with E-state index in [1.54, 1.807) is 48.3 Å². The van der Waals surface area contributed by atoms with E-state index >= 15 is 0 Å². The molecule has 6 nitrogen and oxygen atoms in total. The standard InChI is InChI=1S/C19H16N4O2/c1-23-12-16(11-21-23)19(24)22-17-7-4-8-18(9-17)25-13-15-6-3-2-5-14(15)10-20/h2-9,11-12H,13H2,1H3,(H,22,24). The predicted molar refractivity (Wildman–Crippen MR) is 93.1 cm³/mol. The monoisotopic (exact) mass is 332 g/mol. The summed E-state index contributed by atoms with van der Waals surface area (Å²) in [6.45, 7) is 0.281. The predicted octanol–water partition coefficient (Wildman–Crippen LogP) is 3.12. The Bertz CT molecular complexity index is 940. The van der Waals surface area contributed by atoms with Gasteiger partial charge in [0.1, 0.15) is 12.4 Å². The van der Waals surface area contributed by atoms with E-state index in [1.165, 1.54) is 6.20 Å². The van der Waals surface area contributed by atoms with Gasteiger partial charge in [-0.25, -0.2) is 0 Å². The number of nitriles is 1. The van der Waals surface area contributed by atoms with E-state index in [4.69, 9.17) is 10.00 Å². The van der Waals surface area contributed by atoms with Crippen LogP contribution in [-0.4, -0.2) is 15.7 Å². The van der Waals surface area contributed by atoms with Crippen LogP contribution in [0.25, 0.3) is 0 Å². The fourth-order valence-electron chi connectivity index (χ4n) is 2.32. The van der Waals surface area contributed by atoms with Gasteiger partial charge in [0.15, 0.2) is 0 Å². The van der Waals surface area contributed by atoms with E-state index in [0.717, 1.165) is 5.56 Å². The minimum absolute atomic E-state index is 0.236. The van der Waals surface area contributed by atoms with Crippen LogP contribution in [0.1, 0.15) is 21.5 Å². The third-order valence-electron chi connectivity index (χ3n) is 3.59. The summed E-state index contributed by atoms with van der Waals surface area (Å²) in [6, 6.07) is 16.6. The van der Waals surface area contributed by atoms with Crippen LogP contribution < -0.4 is 10.1 Å². The smallest absolute Gasteiger partial charge is 0.258 e. The van der Waals surface area contributed by atoms with Crippen molar-refractivity contribution >= 4 is 11.6 Å². The topological polar surface area (TPSA) is 79.9 Å². The Kier molecular flexibility index (Phi) is 4.77. The van der Waals surface area contributed by atoms with Crippen LogP contribution >= 0.6 is 0 Å².